The number of likely N-dealkylation sites (N-methyl/N-ethyl adjacent to an activating group) is 1. The molecule has 1 rings (SSSR count). The van der Waals surface area contributed by atoms with Gasteiger partial charge in [0.2, 0.25) is 5.91 Å². The molecule has 0 aromatic heterocycles. The molecule has 0 bridgehead atoms. The lowest BCUT2D eigenvalue weighted by molar-refractivity contribution is -0.881. The standard InChI is InChI=1S/C19H30N4O3/c1-5-15(6-2)21-18(25)12-23(7-3)13-19(26)22-17-10-8-16(9-11-17)20-14(4)24/h8-11,15H,5-7,12-13H2,1-4H3,(H,20,24)(H,21,25)(H,22,26)/p+1. The average Bonchev–Trinajstić information content (AvgIpc) is 2.60. The second kappa shape index (κ2) is 11.3. The molecule has 0 aliphatic rings. The first kappa shape index (κ1) is 21.6. The summed E-state index contributed by atoms with van der Waals surface area (Å²) in [6.07, 6.45) is 1.80. The fraction of sp³-hybridized carbons (Fsp3) is 0.526. The Labute approximate surface area is 155 Å². The Morgan fingerprint density at radius 2 is 1.38 bits per heavy atom. The lowest BCUT2D eigenvalue weighted by Gasteiger charge is -2.19. The number of carbonyl (C=O) groups is 3. The highest BCUT2D eigenvalue weighted by atomic mass is 16.2. The van der Waals surface area contributed by atoms with Crippen molar-refractivity contribution in [3.63, 3.8) is 0 Å². The van der Waals surface area contributed by atoms with Crippen molar-refractivity contribution < 1.29 is 19.3 Å². The molecule has 0 saturated carbocycles. The molecule has 144 valence electrons. The SMILES string of the molecule is CCC(CC)NC(=O)C[NH+](CC)CC(=O)Nc1ccc(NC(C)=O)cc1. The first-order valence-electron chi connectivity index (χ1n) is 9.18. The second-order valence-corrected chi connectivity index (χ2v) is 6.34. The molecule has 1 unspecified atom stereocenters. The van der Waals surface area contributed by atoms with E-state index in [1.807, 2.05) is 20.8 Å². The molecule has 7 heteroatoms. The number of hydrogen-bond donors (Lipinski definition) is 4. The normalized spacial score (nSPS) is 11.7. The monoisotopic (exact) mass is 363 g/mol. The fourth-order valence-electron chi connectivity index (χ4n) is 2.58. The van der Waals surface area contributed by atoms with Gasteiger partial charge in [0.05, 0.1) is 6.54 Å². The van der Waals surface area contributed by atoms with Crippen molar-refractivity contribution in [1.82, 2.24) is 5.32 Å². The van der Waals surface area contributed by atoms with Crippen LogP contribution in [0.25, 0.3) is 0 Å². The van der Waals surface area contributed by atoms with Crippen molar-refractivity contribution in [2.45, 2.75) is 46.6 Å². The molecule has 0 aliphatic heterocycles. The molecule has 0 aliphatic carbocycles. The van der Waals surface area contributed by atoms with Crippen LogP contribution >= 0.6 is 0 Å². The van der Waals surface area contributed by atoms with Gasteiger partial charge in [-0.25, -0.2) is 0 Å². The van der Waals surface area contributed by atoms with E-state index in [2.05, 4.69) is 16.0 Å². The number of amides is 3. The van der Waals surface area contributed by atoms with Crippen molar-refractivity contribution in [1.29, 1.82) is 0 Å². The number of anilines is 2. The highest BCUT2D eigenvalue weighted by Crippen LogP contribution is 2.13. The van der Waals surface area contributed by atoms with Gasteiger partial charge >= 0.3 is 0 Å². The molecule has 0 heterocycles. The number of rotatable bonds is 10. The molecule has 0 saturated heterocycles. The third kappa shape index (κ3) is 8.11. The molecule has 26 heavy (non-hydrogen) atoms. The summed E-state index contributed by atoms with van der Waals surface area (Å²) in [5.74, 6) is -0.317. The number of nitrogens with one attached hydrogen (secondary N) is 4. The Morgan fingerprint density at radius 3 is 1.85 bits per heavy atom. The lowest BCUT2D eigenvalue weighted by atomic mass is 10.2. The number of quaternary nitrogens is 1. The van der Waals surface area contributed by atoms with E-state index in [9.17, 15) is 14.4 Å². The Morgan fingerprint density at radius 1 is 0.885 bits per heavy atom. The predicted octanol–water partition coefficient (Wildman–Crippen LogP) is 0.793. The maximum absolute atomic E-state index is 12.2. The van der Waals surface area contributed by atoms with Gasteiger partial charge in [-0.15, -0.1) is 0 Å². The first-order valence-corrected chi connectivity index (χ1v) is 9.18. The minimum Gasteiger partial charge on any atom is -0.349 e. The van der Waals surface area contributed by atoms with Gasteiger partial charge in [-0.3, -0.25) is 14.4 Å². The van der Waals surface area contributed by atoms with Crippen LogP contribution in [0, 0.1) is 0 Å². The van der Waals surface area contributed by atoms with Crippen LogP contribution in [0.1, 0.15) is 40.5 Å². The van der Waals surface area contributed by atoms with Gasteiger partial charge in [0.15, 0.2) is 13.1 Å². The van der Waals surface area contributed by atoms with Gasteiger partial charge in [-0.05, 0) is 44.0 Å². The maximum atomic E-state index is 12.2. The lowest BCUT2D eigenvalue weighted by Crippen LogP contribution is -3.14. The van der Waals surface area contributed by atoms with Crippen LogP contribution in [0.2, 0.25) is 0 Å². The van der Waals surface area contributed by atoms with Crippen LogP contribution in [-0.2, 0) is 14.4 Å². The molecule has 0 radical (unpaired) electrons. The third-order valence-corrected chi connectivity index (χ3v) is 4.16. The van der Waals surface area contributed by atoms with Crippen LogP contribution in [0.15, 0.2) is 24.3 Å². The Hall–Kier alpha value is -2.41. The van der Waals surface area contributed by atoms with Crippen LogP contribution in [0.4, 0.5) is 11.4 Å². The van der Waals surface area contributed by atoms with Gasteiger partial charge in [0.1, 0.15) is 0 Å². The first-order chi connectivity index (χ1) is 12.4. The van der Waals surface area contributed by atoms with Crippen molar-refractivity contribution >= 4 is 29.1 Å². The number of carbonyl (C=O) groups excluding carboxylic acids is 3. The quantitative estimate of drug-likeness (QED) is 0.495. The summed E-state index contributed by atoms with van der Waals surface area (Å²) in [5.41, 5.74) is 1.33. The zero-order chi connectivity index (χ0) is 19.5. The van der Waals surface area contributed by atoms with E-state index in [1.165, 1.54) is 6.92 Å². The van der Waals surface area contributed by atoms with E-state index >= 15 is 0 Å². The van der Waals surface area contributed by atoms with Gasteiger partial charge in [0, 0.05) is 24.3 Å². The summed E-state index contributed by atoms with van der Waals surface area (Å²) in [5, 5.41) is 8.49. The van der Waals surface area contributed by atoms with E-state index < -0.39 is 0 Å². The molecule has 1 aromatic rings. The molecular weight excluding hydrogens is 332 g/mol. The summed E-state index contributed by atoms with van der Waals surface area (Å²) in [6, 6.07) is 7.11. The largest absolute Gasteiger partial charge is 0.349 e. The molecule has 1 atom stereocenters. The maximum Gasteiger partial charge on any atom is 0.279 e. The molecule has 1 aromatic carbocycles. The summed E-state index contributed by atoms with van der Waals surface area (Å²) in [6.45, 7) is 8.67. The summed E-state index contributed by atoms with van der Waals surface area (Å²) in [4.78, 5) is 36.2. The summed E-state index contributed by atoms with van der Waals surface area (Å²) >= 11 is 0. The topological polar surface area (TPSA) is 91.7 Å². The van der Waals surface area contributed by atoms with Crippen molar-refractivity contribution in [3.8, 4) is 0 Å². The van der Waals surface area contributed by atoms with Gasteiger partial charge in [-0.2, -0.15) is 0 Å². The van der Waals surface area contributed by atoms with Crippen LogP contribution in [0.5, 0.6) is 0 Å². The van der Waals surface area contributed by atoms with E-state index in [4.69, 9.17) is 0 Å². The third-order valence-electron chi connectivity index (χ3n) is 4.16. The van der Waals surface area contributed by atoms with Crippen LogP contribution in [-0.4, -0.2) is 43.4 Å². The minimum atomic E-state index is -0.149. The summed E-state index contributed by atoms with van der Waals surface area (Å²) < 4.78 is 0. The van der Waals surface area contributed by atoms with E-state index in [0.717, 1.165) is 17.7 Å². The molecule has 3 amide bonds. The smallest absolute Gasteiger partial charge is 0.279 e. The highest BCUT2D eigenvalue weighted by Gasteiger charge is 2.18. The van der Waals surface area contributed by atoms with E-state index in [-0.39, 0.29) is 36.9 Å². The molecule has 0 spiro atoms. The van der Waals surface area contributed by atoms with Crippen LogP contribution in [0.3, 0.4) is 0 Å². The average molecular weight is 363 g/mol. The minimum absolute atomic E-state index is 0.0250. The Kier molecular flexibility index (Phi) is 9.36. The van der Waals surface area contributed by atoms with Crippen molar-refractivity contribution in [3.05, 3.63) is 24.3 Å². The zero-order valence-electron chi connectivity index (χ0n) is 16.1. The fourth-order valence-corrected chi connectivity index (χ4v) is 2.58. The van der Waals surface area contributed by atoms with Gasteiger partial charge < -0.3 is 20.9 Å². The van der Waals surface area contributed by atoms with E-state index in [0.29, 0.717) is 17.9 Å². The zero-order valence-corrected chi connectivity index (χ0v) is 16.1. The van der Waals surface area contributed by atoms with Crippen molar-refractivity contribution in [2.75, 3.05) is 30.3 Å². The van der Waals surface area contributed by atoms with Crippen LogP contribution < -0.4 is 20.9 Å². The highest BCUT2D eigenvalue weighted by molar-refractivity contribution is 5.92. The number of benzene rings is 1. The van der Waals surface area contributed by atoms with E-state index in [1.54, 1.807) is 24.3 Å². The molecule has 7 nitrogen and oxygen atoms in total. The Bertz CT molecular complexity index is 597. The van der Waals surface area contributed by atoms with Crippen molar-refractivity contribution in [2.24, 2.45) is 0 Å². The molecule has 0 fully saturated rings. The van der Waals surface area contributed by atoms with Gasteiger partial charge in [-0.1, -0.05) is 13.8 Å². The molecule has 4 N–H and O–H groups in total. The molecular formula is C19H31N4O3+. The Balaban J connectivity index is 2.50. The summed E-state index contributed by atoms with van der Waals surface area (Å²) in [7, 11) is 0. The number of hydrogen-bond acceptors (Lipinski definition) is 3. The predicted molar refractivity (Wildman–Crippen MR) is 103 cm³/mol. The van der Waals surface area contributed by atoms with Gasteiger partial charge in [0.25, 0.3) is 11.8 Å². The second-order valence-electron chi connectivity index (χ2n) is 6.34.